The van der Waals surface area contributed by atoms with Gasteiger partial charge in [0.15, 0.2) is 0 Å². The largest absolute Gasteiger partial charge is 0.379 e. The van der Waals surface area contributed by atoms with E-state index in [2.05, 4.69) is 0 Å². The van der Waals surface area contributed by atoms with Crippen LogP contribution in [-0.4, -0.2) is 8.42 Å². The SMILES string of the molecule is O=S(=O)(Oc1ccccc1)c1ccc2ccccc2c1-c1ccccc1. The van der Waals surface area contributed by atoms with E-state index >= 15 is 0 Å². The number of rotatable bonds is 4. The van der Waals surface area contributed by atoms with Gasteiger partial charge < -0.3 is 4.18 Å². The highest BCUT2D eigenvalue weighted by molar-refractivity contribution is 7.87. The number of benzene rings is 4. The number of fused-ring (bicyclic) bond motifs is 1. The minimum absolute atomic E-state index is 0.159. The van der Waals surface area contributed by atoms with Gasteiger partial charge in [0.25, 0.3) is 0 Å². The highest BCUT2D eigenvalue weighted by atomic mass is 32.2. The van der Waals surface area contributed by atoms with Crippen LogP contribution in [0.3, 0.4) is 0 Å². The second kappa shape index (κ2) is 6.65. The van der Waals surface area contributed by atoms with Crippen molar-refractivity contribution in [2.24, 2.45) is 0 Å². The van der Waals surface area contributed by atoms with Gasteiger partial charge in [-0.15, -0.1) is 0 Å². The highest BCUT2D eigenvalue weighted by Gasteiger charge is 2.23. The minimum atomic E-state index is -3.98. The van der Waals surface area contributed by atoms with Gasteiger partial charge in [-0.25, -0.2) is 0 Å². The van der Waals surface area contributed by atoms with Gasteiger partial charge in [0.1, 0.15) is 10.6 Å². The summed E-state index contributed by atoms with van der Waals surface area (Å²) in [4.78, 5) is 0.159. The van der Waals surface area contributed by atoms with Crippen molar-refractivity contribution >= 4 is 20.9 Å². The van der Waals surface area contributed by atoms with E-state index in [0.29, 0.717) is 11.3 Å². The summed E-state index contributed by atoms with van der Waals surface area (Å²) in [6.45, 7) is 0. The van der Waals surface area contributed by atoms with Gasteiger partial charge in [0.2, 0.25) is 0 Å². The zero-order chi connectivity index (χ0) is 18.0. The smallest absolute Gasteiger partial charge is 0.339 e. The van der Waals surface area contributed by atoms with Crippen LogP contribution >= 0.6 is 0 Å². The zero-order valence-electron chi connectivity index (χ0n) is 13.9. The second-order valence-corrected chi connectivity index (χ2v) is 7.39. The Kier molecular flexibility index (Phi) is 4.19. The molecular formula is C22H16O3S. The molecule has 0 fully saturated rings. The van der Waals surface area contributed by atoms with Crippen LogP contribution < -0.4 is 4.18 Å². The van der Waals surface area contributed by atoms with Gasteiger partial charge in [-0.3, -0.25) is 0 Å². The lowest BCUT2D eigenvalue weighted by Crippen LogP contribution is -2.11. The van der Waals surface area contributed by atoms with Gasteiger partial charge in [-0.1, -0.05) is 78.9 Å². The molecule has 0 aliphatic heterocycles. The van der Waals surface area contributed by atoms with Gasteiger partial charge in [0.05, 0.1) is 0 Å². The van der Waals surface area contributed by atoms with Gasteiger partial charge >= 0.3 is 10.1 Å². The molecular weight excluding hydrogens is 344 g/mol. The molecule has 0 unspecified atom stereocenters. The van der Waals surface area contributed by atoms with Crippen LogP contribution in [0.5, 0.6) is 5.75 Å². The lowest BCUT2D eigenvalue weighted by atomic mass is 9.98. The predicted molar refractivity (Wildman–Crippen MR) is 104 cm³/mol. The molecule has 3 nitrogen and oxygen atoms in total. The number of hydrogen-bond donors (Lipinski definition) is 0. The standard InChI is InChI=1S/C22H16O3S/c23-26(24,25-19-12-5-2-6-13-19)21-16-15-17-9-7-8-14-20(17)22(21)18-10-3-1-4-11-18/h1-16H. The summed E-state index contributed by atoms with van der Waals surface area (Å²) < 4.78 is 31.4. The van der Waals surface area contributed by atoms with Crippen LogP contribution in [0.4, 0.5) is 0 Å². The molecule has 0 N–H and O–H groups in total. The van der Waals surface area contributed by atoms with Crippen LogP contribution in [0.25, 0.3) is 21.9 Å². The van der Waals surface area contributed by atoms with E-state index in [0.717, 1.165) is 16.3 Å². The van der Waals surface area contributed by atoms with Crippen LogP contribution in [0, 0.1) is 0 Å². The monoisotopic (exact) mass is 360 g/mol. The lowest BCUT2D eigenvalue weighted by molar-refractivity contribution is 0.486. The summed E-state index contributed by atoms with van der Waals surface area (Å²) in [6, 6.07) is 29.2. The third-order valence-corrected chi connectivity index (χ3v) is 5.46. The first-order valence-electron chi connectivity index (χ1n) is 8.22. The first-order valence-corrected chi connectivity index (χ1v) is 9.63. The number of para-hydroxylation sites is 1. The van der Waals surface area contributed by atoms with E-state index in [9.17, 15) is 8.42 Å². The fraction of sp³-hybridized carbons (Fsp3) is 0. The van der Waals surface area contributed by atoms with Gasteiger partial charge in [0, 0.05) is 5.56 Å². The molecule has 0 saturated heterocycles. The maximum Gasteiger partial charge on any atom is 0.339 e. The molecule has 0 radical (unpaired) electrons. The third-order valence-electron chi connectivity index (χ3n) is 4.17. The maximum absolute atomic E-state index is 13.0. The zero-order valence-corrected chi connectivity index (χ0v) is 14.7. The van der Waals surface area contributed by atoms with Gasteiger partial charge in [-0.2, -0.15) is 8.42 Å². The third kappa shape index (κ3) is 3.07. The Morgan fingerprint density at radius 2 is 1.23 bits per heavy atom. The Labute approximate surface area is 152 Å². The summed E-state index contributed by atoms with van der Waals surface area (Å²) in [5.74, 6) is 0.291. The molecule has 0 atom stereocenters. The maximum atomic E-state index is 13.0. The van der Waals surface area contributed by atoms with E-state index in [1.165, 1.54) is 0 Å². The summed E-state index contributed by atoms with van der Waals surface area (Å²) in [5.41, 5.74) is 1.49. The average Bonchev–Trinajstić information content (AvgIpc) is 2.68. The Morgan fingerprint density at radius 1 is 0.615 bits per heavy atom. The van der Waals surface area contributed by atoms with Crippen molar-refractivity contribution in [3.63, 3.8) is 0 Å². The van der Waals surface area contributed by atoms with E-state index in [-0.39, 0.29) is 4.90 Å². The van der Waals surface area contributed by atoms with Crippen molar-refractivity contribution in [2.75, 3.05) is 0 Å². The molecule has 0 heterocycles. The fourth-order valence-corrected chi connectivity index (χ4v) is 4.18. The molecule has 26 heavy (non-hydrogen) atoms. The van der Waals surface area contributed by atoms with E-state index < -0.39 is 10.1 Å². The van der Waals surface area contributed by atoms with Crippen molar-refractivity contribution < 1.29 is 12.6 Å². The summed E-state index contributed by atoms with van der Waals surface area (Å²) >= 11 is 0. The summed E-state index contributed by atoms with van der Waals surface area (Å²) in [5, 5.41) is 1.85. The second-order valence-electron chi connectivity index (χ2n) is 5.88. The van der Waals surface area contributed by atoms with Crippen LogP contribution in [0.1, 0.15) is 0 Å². The van der Waals surface area contributed by atoms with Crippen molar-refractivity contribution in [3.8, 4) is 16.9 Å². The molecule has 0 amide bonds. The van der Waals surface area contributed by atoms with Crippen molar-refractivity contribution in [3.05, 3.63) is 97.1 Å². The highest BCUT2D eigenvalue weighted by Crippen LogP contribution is 2.35. The fourth-order valence-electron chi connectivity index (χ4n) is 3.01. The molecule has 0 saturated carbocycles. The number of hydrogen-bond acceptors (Lipinski definition) is 3. The first kappa shape index (κ1) is 16.4. The molecule has 0 bridgehead atoms. The lowest BCUT2D eigenvalue weighted by Gasteiger charge is -2.14. The average molecular weight is 360 g/mol. The normalized spacial score (nSPS) is 11.4. The summed E-state index contributed by atoms with van der Waals surface area (Å²) in [7, 11) is -3.98. The quantitative estimate of drug-likeness (QED) is 0.465. The van der Waals surface area contributed by atoms with E-state index in [1.807, 2.05) is 66.7 Å². The molecule has 4 rings (SSSR count). The Balaban J connectivity index is 1.95. The van der Waals surface area contributed by atoms with Crippen LogP contribution in [0.2, 0.25) is 0 Å². The molecule has 4 heteroatoms. The van der Waals surface area contributed by atoms with Gasteiger partial charge in [-0.05, 0) is 34.5 Å². The van der Waals surface area contributed by atoms with Crippen molar-refractivity contribution in [2.45, 2.75) is 4.90 Å². The Bertz CT molecular complexity index is 1150. The molecule has 128 valence electrons. The van der Waals surface area contributed by atoms with Crippen molar-refractivity contribution in [1.29, 1.82) is 0 Å². The minimum Gasteiger partial charge on any atom is -0.379 e. The predicted octanol–water partition coefficient (Wildman–Crippen LogP) is 5.27. The molecule has 0 aliphatic carbocycles. The van der Waals surface area contributed by atoms with E-state index in [4.69, 9.17) is 4.18 Å². The summed E-state index contributed by atoms with van der Waals surface area (Å²) in [6.07, 6.45) is 0. The van der Waals surface area contributed by atoms with Crippen molar-refractivity contribution in [1.82, 2.24) is 0 Å². The first-order chi connectivity index (χ1) is 12.6. The molecule has 0 aromatic heterocycles. The molecule has 0 spiro atoms. The topological polar surface area (TPSA) is 43.4 Å². The molecule has 4 aromatic carbocycles. The Morgan fingerprint density at radius 3 is 1.96 bits per heavy atom. The molecule has 4 aromatic rings. The van der Waals surface area contributed by atoms with E-state index in [1.54, 1.807) is 30.3 Å². The van der Waals surface area contributed by atoms with Crippen LogP contribution in [0.15, 0.2) is 102 Å². The Hall–Kier alpha value is -3.11. The molecule has 0 aliphatic rings. The van der Waals surface area contributed by atoms with Crippen LogP contribution in [-0.2, 0) is 10.1 Å².